The third-order valence-corrected chi connectivity index (χ3v) is 3.50. The third-order valence-electron chi connectivity index (χ3n) is 3.50. The molecule has 1 heterocycles. The SMILES string of the molecule is CCNC(c1cccc(OC)c1OC)c1ccnn1CC. The number of hydrogen-bond acceptors (Lipinski definition) is 4. The van der Waals surface area contributed by atoms with E-state index in [4.69, 9.17) is 9.47 Å². The van der Waals surface area contributed by atoms with Crippen molar-refractivity contribution in [1.82, 2.24) is 15.1 Å². The predicted molar refractivity (Wildman–Crippen MR) is 83.0 cm³/mol. The summed E-state index contributed by atoms with van der Waals surface area (Å²) in [5.74, 6) is 1.50. The van der Waals surface area contributed by atoms with E-state index in [9.17, 15) is 0 Å². The molecule has 0 aliphatic heterocycles. The Hall–Kier alpha value is -2.01. The first-order chi connectivity index (χ1) is 10.3. The van der Waals surface area contributed by atoms with Crippen molar-refractivity contribution in [2.45, 2.75) is 26.4 Å². The van der Waals surface area contributed by atoms with Gasteiger partial charge in [-0.15, -0.1) is 0 Å². The van der Waals surface area contributed by atoms with Crippen molar-refractivity contribution >= 4 is 0 Å². The molecule has 1 unspecified atom stereocenters. The summed E-state index contributed by atoms with van der Waals surface area (Å²) in [6.45, 7) is 5.85. The van der Waals surface area contributed by atoms with Gasteiger partial charge in [0.1, 0.15) is 0 Å². The third kappa shape index (κ3) is 3.03. The van der Waals surface area contributed by atoms with E-state index in [0.29, 0.717) is 0 Å². The van der Waals surface area contributed by atoms with Crippen LogP contribution in [0.25, 0.3) is 0 Å². The highest BCUT2D eigenvalue weighted by Gasteiger charge is 2.22. The Balaban J connectivity index is 2.53. The Morgan fingerprint density at radius 1 is 1.19 bits per heavy atom. The summed E-state index contributed by atoms with van der Waals surface area (Å²) < 4.78 is 13.0. The normalized spacial score (nSPS) is 12.2. The fraction of sp³-hybridized carbons (Fsp3) is 0.438. The first-order valence-corrected chi connectivity index (χ1v) is 7.22. The molecule has 0 radical (unpaired) electrons. The number of aromatic nitrogens is 2. The van der Waals surface area contributed by atoms with Crippen LogP contribution < -0.4 is 14.8 Å². The number of ether oxygens (including phenoxy) is 2. The Labute approximate surface area is 125 Å². The summed E-state index contributed by atoms with van der Waals surface area (Å²) in [5.41, 5.74) is 2.17. The molecule has 114 valence electrons. The lowest BCUT2D eigenvalue weighted by molar-refractivity contribution is 0.348. The molecule has 21 heavy (non-hydrogen) atoms. The van der Waals surface area contributed by atoms with Crippen molar-refractivity contribution < 1.29 is 9.47 Å². The second kappa shape index (κ2) is 7.13. The molecule has 1 N–H and O–H groups in total. The molecule has 0 spiro atoms. The number of methoxy groups -OCH3 is 2. The van der Waals surface area contributed by atoms with Crippen molar-refractivity contribution in [3.8, 4) is 11.5 Å². The minimum Gasteiger partial charge on any atom is -0.493 e. The summed E-state index contributed by atoms with van der Waals surface area (Å²) in [4.78, 5) is 0. The minimum atomic E-state index is 0.0162. The van der Waals surface area contributed by atoms with Crippen LogP contribution >= 0.6 is 0 Å². The van der Waals surface area contributed by atoms with Gasteiger partial charge in [0.25, 0.3) is 0 Å². The van der Waals surface area contributed by atoms with Crippen molar-refractivity contribution in [1.29, 1.82) is 0 Å². The summed E-state index contributed by atoms with van der Waals surface area (Å²) in [6.07, 6.45) is 1.83. The van der Waals surface area contributed by atoms with Crippen LogP contribution in [0, 0.1) is 0 Å². The Bertz CT molecular complexity index is 581. The van der Waals surface area contributed by atoms with E-state index >= 15 is 0 Å². The molecule has 5 nitrogen and oxygen atoms in total. The van der Waals surface area contributed by atoms with E-state index in [1.54, 1.807) is 14.2 Å². The van der Waals surface area contributed by atoms with Gasteiger partial charge < -0.3 is 14.8 Å². The summed E-state index contributed by atoms with van der Waals surface area (Å²) in [7, 11) is 3.32. The number of benzene rings is 1. The second-order valence-corrected chi connectivity index (χ2v) is 4.65. The molecular formula is C16H23N3O2. The molecule has 0 amide bonds. The Morgan fingerprint density at radius 3 is 2.62 bits per heavy atom. The topological polar surface area (TPSA) is 48.3 Å². The zero-order chi connectivity index (χ0) is 15.2. The molecule has 0 fully saturated rings. The molecule has 0 aliphatic carbocycles. The van der Waals surface area contributed by atoms with Gasteiger partial charge in [0.15, 0.2) is 11.5 Å². The van der Waals surface area contributed by atoms with Gasteiger partial charge in [-0.3, -0.25) is 4.68 Å². The van der Waals surface area contributed by atoms with Crippen LogP contribution in [0.15, 0.2) is 30.5 Å². The number of nitrogens with one attached hydrogen (secondary N) is 1. The molecular weight excluding hydrogens is 266 g/mol. The molecule has 2 rings (SSSR count). The molecule has 0 aliphatic rings. The van der Waals surface area contributed by atoms with Gasteiger partial charge in [-0.2, -0.15) is 5.10 Å². The van der Waals surface area contributed by atoms with Gasteiger partial charge in [-0.05, 0) is 25.6 Å². The van der Waals surface area contributed by atoms with Gasteiger partial charge in [0, 0.05) is 18.3 Å². The second-order valence-electron chi connectivity index (χ2n) is 4.65. The van der Waals surface area contributed by atoms with Crippen molar-refractivity contribution in [2.24, 2.45) is 0 Å². The van der Waals surface area contributed by atoms with Crippen molar-refractivity contribution in [2.75, 3.05) is 20.8 Å². The molecule has 1 aromatic carbocycles. The maximum absolute atomic E-state index is 5.57. The standard InChI is InChI=1S/C16H23N3O2/c1-5-17-15(13-10-11-18-19(13)6-2)12-8-7-9-14(20-3)16(12)21-4/h7-11,15,17H,5-6H2,1-4H3. The molecule has 0 saturated heterocycles. The van der Waals surface area contributed by atoms with E-state index < -0.39 is 0 Å². The Kier molecular flexibility index (Phi) is 5.22. The smallest absolute Gasteiger partial charge is 0.165 e. The molecule has 1 atom stereocenters. The van der Waals surface area contributed by atoms with Crippen molar-refractivity contribution in [3.63, 3.8) is 0 Å². The zero-order valence-electron chi connectivity index (χ0n) is 13.1. The predicted octanol–water partition coefficient (Wildman–Crippen LogP) is 2.62. The summed E-state index contributed by atoms with van der Waals surface area (Å²) in [5, 5.41) is 7.87. The minimum absolute atomic E-state index is 0.0162. The zero-order valence-corrected chi connectivity index (χ0v) is 13.1. The largest absolute Gasteiger partial charge is 0.493 e. The van der Waals surface area contributed by atoms with E-state index in [1.165, 1.54) is 0 Å². The molecule has 0 saturated carbocycles. The number of aryl methyl sites for hydroxylation is 1. The van der Waals surface area contributed by atoms with Gasteiger partial charge in [-0.1, -0.05) is 19.1 Å². The fourth-order valence-electron chi connectivity index (χ4n) is 2.57. The van der Waals surface area contributed by atoms with E-state index in [0.717, 1.165) is 35.8 Å². The van der Waals surface area contributed by atoms with E-state index in [2.05, 4.69) is 30.3 Å². The summed E-state index contributed by atoms with van der Waals surface area (Å²) in [6, 6.07) is 8.00. The highest BCUT2D eigenvalue weighted by molar-refractivity contribution is 5.50. The molecule has 2 aromatic rings. The lowest BCUT2D eigenvalue weighted by Crippen LogP contribution is -2.25. The summed E-state index contributed by atoms with van der Waals surface area (Å²) >= 11 is 0. The van der Waals surface area contributed by atoms with Gasteiger partial charge in [0.05, 0.1) is 26.0 Å². The van der Waals surface area contributed by atoms with E-state index in [1.807, 2.05) is 29.1 Å². The average molecular weight is 289 g/mol. The molecule has 1 aromatic heterocycles. The van der Waals surface area contributed by atoms with Crippen LogP contribution in [0.2, 0.25) is 0 Å². The number of para-hydroxylation sites is 1. The Morgan fingerprint density at radius 2 is 2.00 bits per heavy atom. The van der Waals surface area contributed by atoms with Gasteiger partial charge in [-0.25, -0.2) is 0 Å². The quantitative estimate of drug-likeness (QED) is 0.851. The maximum Gasteiger partial charge on any atom is 0.165 e. The average Bonchev–Trinajstić information content (AvgIpc) is 3.00. The number of nitrogens with zero attached hydrogens (tertiary/aromatic N) is 2. The molecule has 5 heteroatoms. The van der Waals surface area contributed by atoms with Crippen LogP contribution in [-0.4, -0.2) is 30.5 Å². The molecule has 0 bridgehead atoms. The monoisotopic (exact) mass is 289 g/mol. The van der Waals surface area contributed by atoms with Gasteiger partial charge >= 0.3 is 0 Å². The highest BCUT2D eigenvalue weighted by atomic mass is 16.5. The maximum atomic E-state index is 5.57. The van der Waals surface area contributed by atoms with Crippen LogP contribution in [-0.2, 0) is 6.54 Å². The van der Waals surface area contributed by atoms with Crippen LogP contribution in [0.1, 0.15) is 31.1 Å². The fourth-order valence-corrected chi connectivity index (χ4v) is 2.57. The van der Waals surface area contributed by atoms with Crippen LogP contribution in [0.5, 0.6) is 11.5 Å². The van der Waals surface area contributed by atoms with Gasteiger partial charge in [0.2, 0.25) is 0 Å². The number of rotatable bonds is 7. The first kappa shape index (κ1) is 15.4. The van der Waals surface area contributed by atoms with E-state index in [-0.39, 0.29) is 6.04 Å². The van der Waals surface area contributed by atoms with Crippen LogP contribution in [0.4, 0.5) is 0 Å². The first-order valence-electron chi connectivity index (χ1n) is 7.22. The lowest BCUT2D eigenvalue weighted by atomic mass is 10.0. The van der Waals surface area contributed by atoms with Crippen LogP contribution in [0.3, 0.4) is 0 Å². The number of hydrogen-bond donors (Lipinski definition) is 1. The lowest BCUT2D eigenvalue weighted by Gasteiger charge is -2.22. The van der Waals surface area contributed by atoms with Crippen molar-refractivity contribution in [3.05, 3.63) is 41.7 Å². The highest BCUT2D eigenvalue weighted by Crippen LogP contribution is 2.37.